The normalized spacial score (nSPS) is 11.9. The summed E-state index contributed by atoms with van der Waals surface area (Å²) in [5.41, 5.74) is 0. The maximum Gasteiger partial charge on any atom is 0.243 e. The SMILES string of the molecule is CCCOc1cc(S(=O)(=O)N(CCO)CCO)ccc1Br. The van der Waals surface area contributed by atoms with Crippen LogP contribution in [0.5, 0.6) is 5.75 Å². The van der Waals surface area contributed by atoms with Crippen LogP contribution in [0.4, 0.5) is 0 Å². The van der Waals surface area contributed by atoms with Gasteiger partial charge in [0.25, 0.3) is 0 Å². The molecule has 1 aromatic carbocycles. The largest absolute Gasteiger partial charge is 0.492 e. The van der Waals surface area contributed by atoms with Crippen LogP contribution in [0.2, 0.25) is 0 Å². The summed E-state index contributed by atoms with van der Waals surface area (Å²) in [5.74, 6) is 0.450. The molecule has 120 valence electrons. The van der Waals surface area contributed by atoms with E-state index in [0.717, 1.165) is 10.7 Å². The second-order valence-electron chi connectivity index (χ2n) is 4.29. The Hall–Kier alpha value is -0.670. The van der Waals surface area contributed by atoms with E-state index in [1.54, 1.807) is 6.07 Å². The van der Waals surface area contributed by atoms with Gasteiger partial charge < -0.3 is 14.9 Å². The van der Waals surface area contributed by atoms with Crippen LogP contribution in [0.25, 0.3) is 0 Å². The summed E-state index contributed by atoms with van der Waals surface area (Å²) in [6.45, 7) is 1.69. The van der Waals surface area contributed by atoms with Crippen molar-refractivity contribution in [3.8, 4) is 5.75 Å². The van der Waals surface area contributed by atoms with Crippen LogP contribution in [0, 0.1) is 0 Å². The molecule has 1 rings (SSSR count). The van der Waals surface area contributed by atoms with E-state index in [9.17, 15) is 8.42 Å². The van der Waals surface area contributed by atoms with Crippen LogP contribution < -0.4 is 4.74 Å². The molecular formula is C13H20BrNO5S. The fourth-order valence-corrected chi connectivity index (χ4v) is 3.49. The molecule has 0 radical (unpaired) electrons. The molecule has 0 amide bonds. The number of rotatable bonds is 9. The monoisotopic (exact) mass is 381 g/mol. The lowest BCUT2D eigenvalue weighted by Crippen LogP contribution is -2.35. The third-order valence-corrected chi connectivity index (χ3v) is 5.25. The van der Waals surface area contributed by atoms with Gasteiger partial charge in [-0.15, -0.1) is 0 Å². The molecule has 21 heavy (non-hydrogen) atoms. The van der Waals surface area contributed by atoms with E-state index >= 15 is 0 Å². The summed E-state index contributed by atoms with van der Waals surface area (Å²) in [6, 6.07) is 4.50. The first-order chi connectivity index (χ1) is 9.97. The Balaban J connectivity index is 3.11. The molecule has 0 heterocycles. The van der Waals surface area contributed by atoms with Crippen LogP contribution in [-0.2, 0) is 10.0 Å². The molecule has 1 aromatic rings. The first kappa shape index (κ1) is 18.4. The maximum absolute atomic E-state index is 12.5. The molecular weight excluding hydrogens is 362 g/mol. The molecule has 0 bridgehead atoms. The van der Waals surface area contributed by atoms with Crippen molar-refractivity contribution in [1.29, 1.82) is 0 Å². The highest BCUT2D eigenvalue weighted by atomic mass is 79.9. The lowest BCUT2D eigenvalue weighted by molar-refractivity contribution is 0.217. The zero-order valence-electron chi connectivity index (χ0n) is 11.8. The Morgan fingerprint density at radius 2 is 1.86 bits per heavy atom. The predicted molar refractivity (Wildman–Crippen MR) is 82.9 cm³/mol. The van der Waals surface area contributed by atoms with E-state index in [4.69, 9.17) is 14.9 Å². The van der Waals surface area contributed by atoms with Gasteiger partial charge in [0.1, 0.15) is 5.75 Å². The highest BCUT2D eigenvalue weighted by Crippen LogP contribution is 2.29. The molecule has 2 N–H and O–H groups in total. The molecule has 0 aliphatic rings. The number of nitrogens with zero attached hydrogens (tertiary/aromatic N) is 1. The number of hydrogen-bond donors (Lipinski definition) is 2. The molecule has 8 heteroatoms. The summed E-state index contributed by atoms with van der Waals surface area (Å²) >= 11 is 3.31. The van der Waals surface area contributed by atoms with Crippen LogP contribution in [0.15, 0.2) is 27.6 Å². The van der Waals surface area contributed by atoms with E-state index in [1.807, 2.05) is 6.92 Å². The molecule has 0 atom stereocenters. The molecule has 0 aromatic heterocycles. The van der Waals surface area contributed by atoms with Crippen LogP contribution in [-0.4, -0.2) is 55.8 Å². The Bertz CT molecular complexity index is 543. The van der Waals surface area contributed by atoms with Crippen LogP contribution >= 0.6 is 15.9 Å². The van der Waals surface area contributed by atoms with Gasteiger partial charge >= 0.3 is 0 Å². The van der Waals surface area contributed by atoms with Gasteiger partial charge in [-0.25, -0.2) is 8.42 Å². The van der Waals surface area contributed by atoms with Gasteiger partial charge in [0.05, 0.1) is 29.2 Å². The maximum atomic E-state index is 12.5. The minimum absolute atomic E-state index is 0.0654. The lowest BCUT2D eigenvalue weighted by atomic mass is 10.3. The van der Waals surface area contributed by atoms with Gasteiger partial charge in [-0.2, -0.15) is 4.31 Å². The van der Waals surface area contributed by atoms with Crippen molar-refractivity contribution in [3.05, 3.63) is 22.7 Å². The fourth-order valence-electron chi connectivity index (χ4n) is 1.69. The van der Waals surface area contributed by atoms with E-state index in [1.165, 1.54) is 12.1 Å². The summed E-state index contributed by atoms with van der Waals surface area (Å²) in [4.78, 5) is 0.0682. The van der Waals surface area contributed by atoms with Gasteiger partial charge in [-0.1, -0.05) is 6.92 Å². The zero-order chi connectivity index (χ0) is 15.9. The predicted octanol–water partition coefficient (Wildman–Crippen LogP) is 1.21. The Morgan fingerprint density at radius 1 is 1.24 bits per heavy atom. The first-order valence-electron chi connectivity index (χ1n) is 6.61. The van der Waals surface area contributed by atoms with E-state index in [-0.39, 0.29) is 31.2 Å². The molecule has 0 fully saturated rings. The minimum atomic E-state index is -3.78. The van der Waals surface area contributed by atoms with Crippen molar-refractivity contribution in [3.63, 3.8) is 0 Å². The Labute approximate surface area is 133 Å². The number of benzene rings is 1. The average molecular weight is 382 g/mol. The van der Waals surface area contributed by atoms with Gasteiger partial charge in [-0.05, 0) is 34.5 Å². The van der Waals surface area contributed by atoms with Crippen LogP contribution in [0.1, 0.15) is 13.3 Å². The number of aliphatic hydroxyl groups is 2. The van der Waals surface area contributed by atoms with Gasteiger partial charge in [0.15, 0.2) is 0 Å². The molecule has 0 saturated carbocycles. The molecule has 0 aliphatic heterocycles. The second-order valence-corrected chi connectivity index (χ2v) is 7.08. The van der Waals surface area contributed by atoms with Crippen molar-refractivity contribution in [2.75, 3.05) is 32.9 Å². The van der Waals surface area contributed by atoms with Crippen molar-refractivity contribution in [1.82, 2.24) is 4.31 Å². The number of hydrogen-bond acceptors (Lipinski definition) is 5. The summed E-state index contributed by atoms with van der Waals surface area (Å²) in [6.07, 6.45) is 0.810. The molecule has 0 unspecified atom stereocenters. The summed E-state index contributed by atoms with van der Waals surface area (Å²) < 4.78 is 32.2. The van der Waals surface area contributed by atoms with E-state index in [0.29, 0.717) is 16.8 Å². The van der Waals surface area contributed by atoms with Crippen molar-refractivity contribution in [2.24, 2.45) is 0 Å². The molecule has 0 aliphatic carbocycles. The Kier molecular flexibility index (Phi) is 7.61. The van der Waals surface area contributed by atoms with E-state index < -0.39 is 10.0 Å². The minimum Gasteiger partial charge on any atom is -0.492 e. The van der Waals surface area contributed by atoms with Gasteiger partial charge in [0.2, 0.25) is 10.0 Å². The lowest BCUT2D eigenvalue weighted by Gasteiger charge is -2.20. The topological polar surface area (TPSA) is 87.1 Å². The van der Waals surface area contributed by atoms with Crippen LogP contribution in [0.3, 0.4) is 0 Å². The smallest absolute Gasteiger partial charge is 0.243 e. The standard InChI is InChI=1S/C13H20BrNO5S/c1-2-9-20-13-10-11(3-4-12(13)14)21(18,19)15(5-7-16)6-8-17/h3-4,10,16-17H,2,5-9H2,1H3. The number of halogens is 1. The van der Waals surface area contributed by atoms with Gasteiger partial charge in [-0.3, -0.25) is 0 Å². The highest BCUT2D eigenvalue weighted by molar-refractivity contribution is 9.10. The third kappa shape index (κ3) is 4.93. The summed E-state index contributed by atoms with van der Waals surface area (Å²) in [5, 5.41) is 17.9. The molecule has 0 saturated heterocycles. The summed E-state index contributed by atoms with van der Waals surface area (Å²) in [7, 11) is -3.78. The quantitative estimate of drug-likeness (QED) is 0.671. The fraction of sp³-hybridized carbons (Fsp3) is 0.538. The number of ether oxygens (including phenoxy) is 1. The van der Waals surface area contributed by atoms with Crippen molar-refractivity contribution < 1.29 is 23.4 Å². The van der Waals surface area contributed by atoms with E-state index in [2.05, 4.69) is 15.9 Å². The average Bonchev–Trinajstić information content (AvgIpc) is 2.46. The zero-order valence-corrected chi connectivity index (χ0v) is 14.2. The highest BCUT2D eigenvalue weighted by Gasteiger charge is 2.24. The number of aliphatic hydroxyl groups excluding tert-OH is 2. The Morgan fingerprint density at radius 3 is 2.38 bits per heavy atom. The molecule has 0 spiro atoms. The third-order valence-electron chi connectivity index (χ3n) is 2.70. The number of sulfonamides is 1. The van der Waals surface area contributed by atoms with Crippen molar-refractivity contribution in [2.45, 2.75) is 18.2 Å². The second kappa shape index (κ2) is 8.70. The first-order valence-corrected chi connectivity index (χ1v) is 8.84. The van der Waals surface area contributed by atoms with Gasteiger partial charge in [0, 0.05) is 19.2 Å². The van der Waals surface area contributed by atoms with Crippen molar-refractivity contribution >= 4 is 26.0 Å². The molecule has 6 nitrogen and oxygen atoms in total.